The summed E-state index contributed by atoms with van der Waals surface area (Å²) in [6, 6.07) is 0. The Balaban J connectivity index is 2.35. The van der Waals surface area contributed by atoms with E-state index in [-0.39, 0.29) is 34.4 Å². The van der Waals surface area contributed by atoms with E-state index in [1.807, 2.05) is 0 Å². The molecule has 0 unspecified atom stereocenters. The fourth-order valence-electron chi connectivity index (χ4n) is 2.04. The number of thiophene rings is 1. The molecule has 0 radical (unpaired) electrons. The van der Waals surface area contributed by atoms with Crippen molar-refractivity contribution in [3.8, 4) is 0 Å². The number of rotatable bonds is 5. The minimum absolute atomic E-state index is 0.00726. The highest BCUT2D eigenvalue weighted by molar-refractivity contribution is 7.18. The smallest absolute Gasteiger partial charge is 0.348 e. The van der Waals surface area contributed by atoms with Crippen molar-refractivity contribution < 1.29 is 28.6 Å². The standard InChI is InChI=1S/C15H18N2O6S/c1-4-22-15(20)11-8(2)10(13(19)16-3)14(24-11)17-12(18)9-7-21-5-6-23-9/h7H,4-6H2,1-3H3,(H,16,19)(H,17,18). The molecule has 0 aromatic carbocycles. The summed E-state index contributed by atoms with van der Waals surface area (Å²) < 4.78 is 15.2. The second kappa shape index (κ2) is 7.82. The number of ether oxygens (including phenoxy) is 3. The molecule has 9 heteroatoms. The van der Waals surface area contributed by atoms with Crippen LogP contribution in [0.3, 0.4) is 0 Å². The number of carbonyl (C=O) groups excluding carboxylic acids is 3. The minimum atomic E-state index is -0.559. The lowest BCUT2D eigenvalue weighted by Crippen LogP contribution is -2.24. The van der Waals surface area contributed by atoms with Gasteiger partial charge < -0.3 is 24.8 Å². The number of anilines is 1. The molecule has 0 bridgehead atoms. The Labute approximate surface area is 142 Å². The molecule has 130 valence electrons. The maximum absolute atomic E-state index is 12.2. The third-order valence-corrected chi connectivity index (χ3v) is 4.35. The molecule has 2 N–H and O–H groups in total. The molecule has 0 atom stereocenters. The molecule has 0 fully saturated rings. The normalized spacial score (nSPS) is 13.2. The molecule has 0 saturated heterocycles. The number of hydrogen-bond acceptors (Lipinski definition) is 7. The summed E-state index contributed by atoms with van der Waals surface area (Å²) in [5, 5.41) is 5.33. The second-order valence-electron chi connectivity index (χ2n) is 4.72. The van der Waals surface area contributed by atoms with Crippen molar-refractivity contribution in [3.05, 3.63) is 28.0 Å². The summed E-state index contributed by atoms with van der Waals surface area (Å²) in [5.74, 6) is -1.50. The van der Waals surface area contributed by atoms with E-state index in [4.69, 9.17) is 14.2 Å². The predicted octanol–water partition coefficient (Wildman–Crippen LogP) is 1.42. The number of carbonyl (C=O) groups is 3. The Bertz CT molecular complexity index is 694. The van der Waals surface area contributed by atoms with Gasteiger partial charge in [-0.25, -0.2) is 4.79 Å². The van der Waals surface area contributed by atoms with E-state index in [9.17, 15) is 14.4 Å². The molecule has 1 aromatic heterocycles. The van der Waals surface area contributed by atoms with E-state index in [0.29, 0.717) is 12.2 Å². The molecule has 1 aromatic rings. The fourth-order valence-corrected chi connectivity index (χ4v) is 3.14. The van der Waals surface area contributed by atoms with Crippen LogP contribution in [0.4, 0.5) is 5.00 Å². The maximum atomic E-state index is 12.2. The predicted molar refractivity (Wildman–Crippen MR) is 87.0 cm³/mol. The first-order valence-electron chi connectivity index (χ1n) is 7.28. The van der Waals surface area contributed by atoms with Gasteiger partial charge in [-0.05, 0) is 19.4 Å². The average molecular weight is 354 g/mol. The molecule has 1 aliphatic rings. The van der Waals surface area contributed by atoms with Gasteiger partial charge in [-0.3, -0.25) is 9.59 Å². The van der Waals surface area contributed by atoms with E-state index in [2.05, 4.69) is 10.6 Å². The summed E-state index contributed by atoms with van der Waals surface area (Å²) in [6.45, 7) is 4.16. The van der Waals surface area contributed by atoms with E-state index < -0.39 is 17.8 Å². The number of hydrogen-bond donors (Lipinski definition) is 2. The van der Waals surface area contributed by atoms with Gasteiger partial charge in [-0.15, -0.1) is 11.3 Å². The average Bonchev–Trinajstić information content (AvgIpc) is 2.91. The quantitative estimate of drug-likeness (QED) is 0.775. The van der Waals surface area contributed by atoms with Gasteiger partial charge in [0.15, 0.2) is 0 Å². The largest absolute Gasteiger partial charge is 0.494 e. The zero-order chi connectivity index (χ0) is 17.7. The van der Waals surface area contributed by atoms with Crippen LogP contribution in [-0.4, -0.2) is 44.7 Å². The fraction of sp³-hybridized carbons (Fsp3) is 0.400. The highest BCUT2D eigenvalue weighted by atomic mass is 32.1. The van der Waals surface area contributed by atoms with Crippen LogP contribution in [0.2, 0.25) is 0 Å². The zero-order valence-electron chi connectivity index (χ0n) is 13.6. The summed E-state index contributed by atoms with van der Waals surface area (Å²) in [4.78, 5) is 36.6. The van der Waals surface area contributed by atoms with Crippen molar-refractivity contribution in [2.45, 2.75) is 13.8 Å². The van der Waals surface area contributed by atoms with Crippen LogP contribution in [0.25, 0.3) is 0 Å². The molecular formula is C15H18N2O6S. The first-order chi connectivity index (χ1) is 11.5. The second-order valence-corrected chi connectivity index (χ2v) is 5.74. The van der Waals surface area contributed by atoms with Crippen molar-refractivity contribution in [2.24, 2.45) is 0 Å². The van der Waals surface area contributed by atoms with Crippen LogP contribution in [0.1, 0.15) is 32.5 Å². The third-order valence-electron chi connectivity index (χ3n) is 3.16. The van der Waals surface area contributed by atoms with E-state index in [1.165, 1.54) is 13.3 Å². The van der Waals surface area contributed by atoms with Gasteiger partial charge in [0.1, 0.15) is 29.4 Å². The summed E-state index contributed by atoms with van der Waals surface area (Å²) in [6.07, 6.45) is 1.21. The highest BCUT2D eigenvalue weighted by Crippen LogP contribution is 2.34. The van der Waals surface area contributed by atoms with E-state index in [1.54, 1.807) is 13.8 Å². The number of amides is 2. The van der Waals surface area contributed by atoms with Crippen LogP contribution in [0, 0.1) is 6.92 Å². The van der Waals surface area contributed by atoms with Crippen LogP contribution in [-0.2, 0) is 19.0 Å². The lowest BCUT2D eigenvalue weighted by molar-refractivity contribution is -0.117. The molecule has 2 amide bonds. The molecule has 24 heavy (non-hydrogen) atoms. The monoisotopic (exact) mass is 354 g/mol. The van der Waals surface area contributed by atoms with Crippen molar-refractivity contribution in [2.75, 3.05) is 32.2 Å². The van der Waals surface area contributed by atoms with Gasteiger partial charge in [-0.2, -0.15) is 0 Å². The molecule has 1 aliphatic heterocycles. The Hall–Kier alpha value is -2.55. The van der Waals surface area contributed by atoms with Crippen molar-refractivity contribution in [1.29, 1.82) is 0 Å². The van der Waals surface area contributed by atoms with Crippen molar-refractivity contribution in [3.63, 3.8) is 0 Å². The summed E-state index contributed by atoms with van der Waals surface area (Å²) in [5.41, 5.74) is 0.666. The minimum Gasteiger partial charge on any atom is -0.494 e. The van der Waals surface area contributed by atoms with Crippen molar-refractivity contribution >= 4 is 34.1 Å². The lowest BCUT2D eigenvalue weighted by atomic mass is 10.1. The number of esters is 1. The van der Waals surface area contributed by atoms with Gasteiger partial charge in [0.05, 0.1) is 12.2 Å². The van der Waals surface area contributed by atoms with Gasteiger partial charge in [0.2, 0.25) is 5.76 Å². The Kier molecular flexibility index (Phi) is 5.80. The Morgan fingerprint density at radius 2 is 2.04 bits per heavy atom. The van der Waals surface area contributed by atoms with E-state index >= 15 is 0 Å². The van der Waals surface area contributed by atoms with Gasteiger partial charge in [0.25, 0.3) is 11.8 Å². The number of nitrogens with one attached hydrogen (secondary N) is 2. The maximum Gasteiger partial charge on any atom is 0.348 e. The Morgan fingerprint density at radius 3 is 2.62 bits per heavy atom. The molecule has 2 rings (SSSR count). The molecule has 0 aliphatic carbocycles. The van der Waals surface area contributed by atoms with Gasteiger partial charge in [-0.1, -0.05) is 0 Å². The highest BCUT2D eigenvalue weighted by Gasteiger charge is 2.27. The first kappa shape index (κ1) is 17.8. The van der Waals surface area contributed by atoms with Crippen LogP contribution < -0.4 is 10.6 Å². The van der Waals surface area contributed by atoms with Crippen LogP contribution in [0.5, 0.6) is 0 Å². The first-order valence-corrected chi connectivity index (χ1v) is 8.09. The molecule has 8 nitrogen and oxygen atoms in total. The van der Waals surface area contributed by atoms with Crippen LogP contribution >= 0.6 is 11.3 Å². The Morgan fingerprint density at radius 1 is 1.29 bits per heavy atom. The zero-order valence-corrected chi connectivity index (χ0v) is 14.4. The van der Waals surface area contributed by atoms with Crippen molar-refractivity contribution in [1.82, 2.24) is 5.32 Å². The molecule has 2 heterocycles. The van der Waals surface area contributed by atoms with E-state index in [0.717, 1.165) is 11.3 Å². The summed E-state index contributed by atoms with van der Waals surface area (Å²) >= 11 is 0.979. The molecule has 0 spiro atoms. The third kappa shape index (κ3) is 3.67. The SMILES string of the molecule is CCOC(=O)c1sc(NC(=O)C2=COCCO2)c(C(=O)NC)c1C. The lowest BCUT2D eigenvalue weighted by Gasteiger charge is -2.15. The van der Waals surface area contributed by atoms with Gasteiger partial charge in [0, 0.05) is 7.05 Å². The van der Waals surface area contributed by atoms with Crippen LogP contribution in [0.15, 0.2) is 12.0 Å². The van der Waals surface area contributed by atoms with Gasteiger partial charge >= 0.3 is 5.97 Å². The molecular weight excluding hydrogens is 336 g/mol. The summed E-state index contributed by atoms with van der Waals surface area (Å²) in [7, 11) is 1.47. The molecule has 0 saturated carbocycles. The topological polar surface area (TPSA) is 103 Å².